The molecule has 2 aliphatic rings. The fourth-order valence-corrected chi connectivity index (χ4v) is 3.60. The van der Waals surface area contributed by atoms with Gasteiger partial charge < -0.3 is 14.4 Å². The van der Waals surface area contributed by atoms with E-state index in [1.165, 1.54) is 0 Å². The number of anilines is 1. The van der Waals surface area contributed by atoms with Crippen LogP contribution < -0.4 is 4.90 Å². The first kappa shape index (κ1) is 18.1. The average Bonchev–Trinajstić information content (AvgIpc) is 3.08. The summed E-state index contributed by atoms with van der Waals surface area (Å²) in [5.41, 5.74) is 1.22. The first-order valence-electron chi connectivity index (χ1n) is 9.22. The number of hydrogen-bond acceptors (Lipinski definition) is 7. The number of rotatable bonds is 5. The predicted molar refractivity (Wildman–Crippen MR) is 94.7 cm³/mol. The fourth-order valence-electron chi connectivity index (χ4n) is 3.60. The van der Waals surface area contributed by atoms with Crippen molar-refractivity contribution in [3.05, 3.63) is 17.5 Å². The Bertz CT molecular complexity index is 594. The molecule has 0 N–H and O–H groups in total. The third-order valence-electron chi connectivity index (χ3n) is 4.61. The van der Waals surface area contributed by atoms with Gasteiger partial charge in [-0.2, -0.15) is 0 Å². The summed E-state index contributed by atoms with van der Waals surface area (Å²) in [6, 6.07) is 0. The predicted octanol–water partition coefficient (Wildman–Crippen LogP) is 1.86. The fraction of sp³-hybridized carbons (Fsp3) is 0.722. The summed E-state index contributed by atoms with van der Waals surface area (Å²) < 4.78 is 11.0. The number of nitrogens with zero attached hydrogens (tertiary/aromatic N) is 4. The summed E-state index contributed by atoms with van der Waals surface area (Å²) in [6.45, 7) is 10.5. The molecule has 0 amide bonds. The zero-order valence-electron chi connectivity index (χ0n) is 15.4. The Labute approximate surface area is 149 Å². The molecule has 25 heavy (non-hydrogen) atoms. The minimum Gasteiger partial charge on any atom is -0.462 e. The largest absolute Gasteiger partial charge is 0.462 e. The average molecular weight is 348 g/mol. The smallest absolute Gasteiger partial charge is 0.341 e. The van der Waals surface area contributed by atoms with Crippen molar-refractivity contribution < 1.29 is 14.3 Å². The second-order valence-electron chi connectivity index (χ2n) is 6.90. The van der Waals surface area contributed by atoms with Crippen molar-refractivity contribution in [3.63, 3.8) is 0 Å². The summed E-state index contributed by atoms with van der Waals surface area (Å²) in [7, 11) is 0. The minimum absolute atomic E-state index is 0.176. The van der Waals surface area contributed by atoms with Crippen LogP contribution in [-0.4, -0.2) is 65.8 Å². The quantitative estimate of drug-likeness (QED) is 0.752. The van der Waals surface area contributed by atoms with Crippen LogP contribution in [0.2, 0.25) is 0 Å². The summed E-state index contributed by atoms with van der Waals surface area (Å²) in [5, 5.41) is 0. The molecule has 0 saturated carbocycles. The lowest BCUT2D eigenvalue weighted by Gasteiger charge is -2.35. The Kier molecular flexibility index (Phi) is 5.86. The third-order valence-corrected chi connectivity index (χ3v) is 4.61. The minimum atomic E-state index is -0.347. The van der Waals surface area contributed by atoms with Crippen LogP contribution in [0.1, 0.15) is 49.7 Å². The number of ether oxygens (including phenoxy) is 2. The Morgan fingerprint density at radius 3 is 2.60 bits per heavy atom. The standard InChI is InChI=1S/C18H28N4O3/c1-4-24-17(23)15-9-19-18(22-7-5-6-8-22)20-16(15)12-21-10-13(2)25-14(3)11-21/h9,13-14H,4-8,10-12H2,1-3H3/t13-,14+. The van der Waals surface area contributed by atoms with Gasteiger partial charge in [0.1, 0.15) is 5.56 Å². The van der Waals surface area contributed by atoms with Crippen LogP contribution in [0.15, 0.2) is 6.20 Å². The van der Waals surface area contributed by atoms with Crippen LogP contribution in [0.4, 0.5) is 5.95 Å². The van der Waals surface area contributed by atoms with Gasteiger partial charge in [0.25, 0.3) is 0 Å². The molecule has 7 heteroatoms. The Hall–Kier alpha value is -1.73. The monoisotopic (exact) mass is 348 g/mol. The highest BCUT2D eigenvalue weighted by molar-refractivity contribution is 5.90. The lowest BCUT2D eigenvalue weighted by Crippen LogP contribution is -2.45. The van der Waals surface area contributed by atoms with E-state index in [4.69, 9.17) is 14.5 Å². The van der Waals surface area contributed by atoms with E-state index in [0.717, 1.165) is 50.7 Å². The number of carbonyl (C=O) groups is 1. The van der Waals surface area contributed by atoms with Crippen LogP contribution in [0.5, 0.6) is 0 Å². The van der Waals surface area contributed by atoms with Gasteiger partial charge in [-0.3, -0.25) is 4.90 Å². The maximum atomic E-state index is 12.3. The van der Waals surface area contributed by atoms with Crippen LogP contribution in [-0.2, 0) is 16.0 Å². The van der Waals surface area contributed by atoms with Gasteiger partial charge >= 0.3 is 5.97 Å². The lowest BCUT2D eigenvalue weighted by atomic mass is 10.1. The summed E-state index contributed by atoms with van der Waals surface area (Å²) in [6.07, 6.45) is 4.30. The molecule has 0 spiro atoms. The Morgan fingerprint density at radius 1 is 1.28 bits per heavy atom. The van der Waals surface area contributed by atoms with E-state index in [1.807, 2.05) is 6.92 Å². The molecule has 138 valence electrons. The van der Waals surface area contributed by atoms with E-state index in [0.29, 0.717) is 18.7 Å². The number of aromatic nitrogens is 2. The number of hydrogen-bond donors (Lipinski definition) is 0. The van der Waals surface area contributed by atoms with E-state index in [9.17, 15) is 4.79 Å². The Morgan fingerprint density at radius 2 is 1.96 bits per heavy atom. The molecule has 3 heterocycles. The van der Waals surface area contributed by atoms with Gasteiger partial charge in [0.15, 0.2) is 0 Å². The second kappa shape index (κ2) is 8.10. The van der Waals surface area contributed by atoms with Gasteiger partial charge in [-0.05, 0) is 33.6 Å². The van der Waals surface area contributed by atoms with E-state index >= 15 is 0 Å². The highest BCUT2D eigenvalue weighted by Crippen LogP contribution is 2.20. The molecule has 0 bridgehead atoms. The molecule has 7 nitrogen and oxygen atoms in total. The lowest BCUT2D eigenvalue weighted by molar-refractivity contribution is -0.0708. The van der Waals surface area contributed by atoms with Crippen molar-refractivity contribution in [2.75, 3.05) is 37.7 Å². The maximum absolute atomic E-state index is 12.3. The van der Waals surface area contributed by atoms with Crippen molar-refractivity contribution >= 4 is 11.9 Å². The highest BCUT2D eigenvalue weighted by atomic mass is 16.5. The topological polar surface area (TPSA) is 67.8 Å². The van der Waals surface area contributed by atoms with Gasteiger partial charge in [-0.25, -0.2) is 14.8 Å². The summed E-state index contributed by atoms with van der Waals surface area (Å²) in [5.74, 6) is 0.370. The zero-order chi connectivity index (χ0) is 17.8. The van der Waals surface area contributed by atoms with Gasteiger partial charge in [0, 0.05) is 38.9 Å². The number of carbonyl (C=O) groups excluding carboxylic acids is 1. The van der Waals surface area contributed by atoms with Crippen LogP contribution in [0.25, 0.3) is 0 Å². The number of esters is 1. The molecule has 2 fully saturated rings. The Balaban J connectivity index is 1.84. The van der Waals surface area contributed by atoms with Crippen molar-refractivity contribution in [1.82, 2.24) is 14.9 Å². The SMILES string of the molecule is CCOC(=O)c1cnc(N2CCCC2)nc1CN1C[C@@H](C)O[C@@H](C)C1. The molecular formula is C18H28N4O3. The second-order valence-corrected chi connectivity index (χ2v) is 6.90. The third kappa shape index (κ3) is 4.46. The summed E-state index contributed by atoms with van der Waals surface area (Å²) >= 11 is 0. The van der Waals surface area contributed by atoms with Crippen molar-refractivity contribution in [1.29, 1.82) is 0 Å². The van der Waals surface area contributed by atoms with Crippen LogP contribution in [0.3, 0.4) is 0 Å². The van der Waals surface area contributed by atoms with E-state index in [1.54, 1.807) is 6.20 Å². The molecule has 1 aromatic rings. The molecule has 0 radical (unpaired) electrons. The molecule has 2 aliphatic heterocycles. The van der Waals surface area contributed by atoms with Crippen LogP contribution in [0, 0.1) is 0 Å². The van der Waals surface area contributed by atoms with E-state index in [-0.39, 0.29) is 18.2 Å². The molecule has 0 aromatic carbocycles. The van der Waals surface area contributed by atoms with Gasteiger partial charge in [0.2, 0.25) is 5.95 Å². The first-order chi connectivity index (χ1) is 12.1. The normalized spacial score (nSPS) is 24.5. The molecular weight excluding hydrogens is 320 g/mol. The van der Waals surface area contributed by atoms with Gasteiger partial charge in [-0.15, -0.1) is 0 Å². The van der Waals surface area contributed by atoms with Crippen LogP contribution >= 0.6 is 0 Å². The maximum Gasteiger partial charge on any atom is 0.341 e. The molecule has 1 aromatic heterocycles. The van der Waals surface area contributed by atoms with Crippen molar-refractivity contribution in [2.45, 2.75) is 52.4 Å². The number of morpholine rings is 1. The highest BCUT2D eigenvalue weighted by Gasteiger charge is 2.26. The van der Waals surface area contributed by atoms with Gasteiger partial charge in [0.05, 0.1) is 24.5 Å². The van der Waals surface area contributed by atoms with E-state index < -0.39 is 0 Å². The molecule has 3 rings (SSSR count). The van der Waals surface area contributed by atoms with Crippen molar-refractivity contribution in [2.24, 2.45) is 0 Å². The molecule has 0 unspecified atom stereocenters. The summed E-state index contributed by atoms with van der Waals surface area (Å²) in [4.78, 5) is 25.9. The molecule has 0 aliphatic carbocycles. The first-order valence-corrected chi connectivity index (χ1v) is 9.22. The van der Waals surface area contributed by atoms with Gasteiger partial charge in [-0.1, -0.05) is 0 Å². The molecule has 2 atom stereocenters. The molecule has 2 saturated heterocycles. The zero-order valence-corrected chi connectivity index (χ0v) is 15.4. The van der Waals surface area contributed by atoms with Crippen molar-refractivity contribution in [3.8, 4) is 0 Å². The van der Waals surface area contributed by atoms with E-state index in [2.05, 4.69) is 28.6 Å².